The summed E-state index contributed by atoms with van der Waals surface area (Å²) in [4.78, 5) is 21.8. The summed E-state index contributed by atoms with van der Waals surface area (Å²) in [5.74, 6) is 1.41. The summed E-state index contributed by atoms with van der Waals surface area (Å²) in [5.41, 5.74) is 8.42. The Bertz CT molecular complexity index is 670. The lowest BCUT2D eigenvalue weighted by Gasteiger charge is -2.19. The Morgan fingerprint density at radius 2 is 2.25 bits per heavy atom. The highest BCUT2D eigenvalue weighted by molar-refractivity contribution is 5.99. The summed E-state index contributed by atoms with van der Waals surface area (Å²) in [5, 5.41) is 2.82. The number of rotatable bonds is 3. The fourth-order valence-electron chi connectivity index (χ4n) is 2.23. The second kappa shape index (κ2) is 4.90. The zero-order valence-corrected chi connectivity index (χ0v) is 11.1. The average Bonchev–Trinajstić information content (AvgIpc) is 2.85. The number of nitrogens with two attached hydrogens (primary N) is 1. The van der Waals surface area contributed by atoms with Crippen LogP contribution in [0.25, 0.3) is 0 Å². The van der Waals surface area contributed by atoms with Crippen molar-refractivity contribution in [3.8, 4) is 0 Å². The molecule has 3 rings (SSSR count). The molecule has 0 radical (unpaired) electrons. The summed E-state index contributed by atoms with van der Waals surface area (Å²) in [6, 6.07) is 7.69. The molecular formula is C14H15N5O. The molecular weight excluding hydrogens is 254 g/mol. The third-order valence-corrected chi connectivity index (χ3v) is 3.32. The monoisotopic (exact) mass is 269 g/mol. The molecule has 2 aromatic rings. The minimum atomic E-state index is 0.0345. The van der Waals surface area contributed by atoms with Gasteiger partial charge in [0, 0.05) is 24.6 Å². The van der Waals surface area contributed by atoms with Crippen LogP contribution in [0.4, 0.5) is 17.2 Å². The maximum absolute atomic E-state index is 11.4. The van der Waals surface area contributed by atoms with Gasteiger partial charge in [0.05, 0.1) is 13.0 Å². The summed E-state index contributed by atoms with van der Waals surface area (Å²) in [6.45, 7) is 0.310. The quantitative estimate of drug-likeness (QED) is 0.874. The van der Waals surface area contributed by atoms with Crippen LogP contribution in [0.5, 0.6) is 0 Å². The predicted octanol–water partition coefficient (Wildman–Crippen LogP) is 1.20. The smallest absolute Gasteiger partial charge is 0.228 e. The normalized spacial score (nSPS) is 13.0. The van der Waals surface area contributed by atoms with Crippen molar-refractivity contribution < 1.29 is 4.79 Å². The lowest BCUT2D eigenvalue weighted by molar-refractivity contribution is -0.115. The highest BCUT2D eigenvalue weighted by atomic mass is 16.1. The Kier molecular flexibility index (Phi) is 3.08. The Balaban J connectivity index is 1.92. The van der Waals surface area contributed by atoms with Crippen LogP contribution in [-0.4, -0.2) is 22.9 Å². The van der Waals surface area contributed by atoms with Gasteiger partial charge in [-0.25, -0.2) is 9.97 Å². The van der Waals surface area contributed by atoms with Gasteiger partial charge in [-0.05, 0) is 29.8 Å². The van der Waals surface area contributed by atoms with E-state index in [4.69, 9.17) is 5.73 Å². The number of carbonyl (C=O) groups excluding carboxylic acids is 1. The molecule has 1 aliphatic heterocycles. The molecule has 0 spiro atoms. The van der Waals surface area contributed by atoms with Gasteiger partial charge in [0.25, 0.3) is 0 Å². The highest BCUT2D eigenvalue weighted by Crippen LogP contribution is 2.29. The van der Waals surface area contributed by atoms with Crippen molar-refractivity contribution in [3.05, 3.63) is 41.9 Å². The lowest BCUT2D eigenvalue weighted by Crippen LogP contribution is -2.13. The van der Waals surface area contributed by atoms with Crippen molar-refractivity contribution in [1.29, 1.82) is 0 Å². The molecule has 1 aromatic heterocycles. The van der Waals surface area contributed by atoms with E-state index < -0.39 is 0 Å². The van der Waals surface area contributed by atoms with Gasteiger partial charge in [0.1, 0.15) is 11.6 Å². The van der Waals surface area contributed by atoms with E-state index >= 15 is 0 Å². The molecule has 0 fully saturated rings. The molecule has 0 saturated carbocycles. The van der Waals surface area contributed by atoms with E-state index in [1.165, 1.54) is 0 Å². The van der Waals surface area contributed by atoms with Crippen molar-refractivity contribution in [3.63, 3.8) is 0 Å². The molecule has 1 amide bonds. The molecule has 6 nitrogen and oxygen atoms in total. The second-order valence-electron chi connectivity index (χ2n) is 4.66. The first-order valence-corrected chi connectivity index (χ1v) is 6.36. The Hall–Kier alpha value is -2.47. The van der Waals surface area contributed by atoms with Crippen molar-refractivity contribution in [2.75, 3.05) is 17.3 Å². The zero-order valence-electron chi connectivity index (χ0n) is 11.1. The number of anilines is 3. The molecule has 1 aromatic carbocycles. The van der Waals surface area contributed by atoms with Gasteiger partial charge in [-0.2, -0.15) is 0 Å². The number of carbonyl (C=O) groups is 1. The van der Waals surface area contributed by atoms with Gasteiger partial charge < -0.3 is 16.0 Å². The van der Waals surface area contributed by atoms with E-state index in [0.717, 1.165) is 22.8 Å². The standard InChI is InChI=1S/C14H15N5O/c1-19(13-4-5-16-12(8-15)18-13)10-2-3-11-9(6-10)7-14(20)17-11/h2-6H,7-8,15H2,1H3,(H,17,20). The van der Waals surface area contributed by atoms with E-state index in [-0.39, 0.29) is 5.91 Å². The largest absolute Gasteiger partial charge is 0.329 e. The van der Waals surface area contributed by atoms with Crippen LogP contribution in [-0.2, 0) is 17.8 Å². The summed E-state index contributed by atoms with van der Waals surface area (Å²) >= 11 is 0. The van der Waals surface area contributed by atoms with Crippen LogP contribution in [0.15, 0.2) is 30.5 Å². The van der Waals surface area contributed by atoms with Crippen LogP contribution in [0.1, 0.15) is 11.4 Å². The maximum Gasteiger partial charge on any atom is 0.228 e. The summed E-state index contributed by atoms with van der Waals surface area (Å²) < 4.78 is 0. The molecule has 20 heavy (non-hydrogen) atoms. The molecule has 1 aliphatic rings. The highest BCUT2D eigenvalue weighted by Gasteiger charge is 2.18. The van der Waals surface area contributed by atoms with Gasteiger partial charge >= 0.3 is 0 Å². The molecule has 102 valence electrons. The molecule has 0 saturated heterocycles. The minimum absolute atomic E-state index is 0.0345. The average molecular weight is 269 g/mol. The summed E-state index contributed by atoms with van der Waals surface area (Å²) in [6.07, 6.45) is 2.12. The van der Waals surface area contributed by atoms with Gasteiger partial charge in [0.2, 0.25) is 5.91 Å². The number of hydrogen-bond donors (Lipinski definition) is 2. The number of hydrogen-bond acceptors (Lipinski definition) is 5. The SMILES string of the molecule is CN(c1ccc2c(c1)CC(=O)N2)c1ccnc(CN)n1. The topological polar surface area (TPSA) is 84.1 Å². The maximum atomic E-state index is 11.4. The van der Waals surface area contributed by atoms with Crippen LogP contribution in [0.2, 0.25) is 0 Å². The first-order valence-electron chi connectivity index (χ1n) is 6.36. The third kappa shape index (κ3) is 2.21. The first-order chi connectivity index (χ1) is 9.67. The third-order valence-electron chi connectivity index (χ3n) is 3.32. The fraction of sp³-hybridized carbons (Fsp3) is 0.214. The van der Waals surface area contributed by atoms with Crippen LogP contribution in [0.3, 0.4) is 0 Å². The van der Waals surface area contributed by atoms with E-state index in [0.29, 0.717) is 18.8 Å². The van der Waals surface area contributed by atoms with Crippen LogP contribution in [0, 0.1) is 0 Å². The lowest BCUT2D eigenvalue weighted by atomic mass is 10.1. The van der Waals surface area contributed by atoms with Gasteiger partial charge in [-0.15, -0.1) is 0 Å². The summed E-state index contributed by atoms with van der Waals surface area (Å²) in [7, 11) is 1.93. The van der Waals surface area contributed by atoms with Crippen molar-refractivity contribution >= 4 is 23.1 Å². The Labute approximate surface area is 116 Å². The van der Waals surface area contributed by atoms with E-state index in [1.807, 2.05) is 36.2 Å². The minimum Gasteiger partial charge on any atom is -0.329 e. The fourth-order valence-corrected chi connectivity index (χ4v) is 2.23. The van der Waals surface area contributed by atoms with E-state index in [2.05, 4.69) is 15.3 Å². The van der Waals surface area contributed by atoms with Gasteiger partial charge in [-0.3, -0.25) is 4.79 Å². The number of amides is 1. The van der Waals surface area contributed by atoms with Crippen molar-refractivity contribution in [1.82, 2.24) is 9.97 Å². The molecule has 0 unspecified atom stereocenters. The number of aromatic nitrogens is 2. The van der Waals surface area contributed by atoms with Crippen LogP contribution < -0.4 is 16.0 Å². The van der Waals surface area contributed by atoms with Gasteiger partial charge in [0.15, 0.2) is 0 Å². The van der Waals surface area contributed by atoms with E-state index in [9.17, 15) is 4.79 Å². The first kappa shape index (κ1) is 12.6. The molecule has 0 aliphatic carbocycles. The van der Waals surface area contributed by atoms with Crippen molar-refractivity contribution in [2.45, 2.75) is 13.0 Å². The molecule has 2 heterocycles. The second-order valence-corrected chi connectivity index (χ2v) is 4.66. The Morgan fingerprint density at radius 3 is 3.05 bits per heavy atom. The molecule has 0 atom stereocenters. The van der Waals surface area contributed by atoms with Gasteiger partial charge in [-0.1, -0.05) is 0 Å². The molecule has 0 bridgehead atoms. The Morgan fingerprint density at radius 1 is 1.40 bits per heavy atom. The van der Waals surface area contributed by atoms with Crippen LogP contribution >= 0.6 is 0 Å². The van der Waals surface area contributed by atoms with Crippen molar-refractivity contribution in [2.24, 2.45) is 5.73 Å². The number of nitrogens with zero attached hydrogens (tertiary/aromatic N) is 3. The predicted molar refractivity (Wildman–Crippen MR) is 76.8 cm³/mol. The van der Waals surface area contributed by atoms with E-state index in [1.54, 1.807) is 6.20 Å². The zero-order chi connectivity index (χ0) is 14.1. The number of benzene rings is 1. The number of nitrogens with one attached hydrogen (secondary N) is 1. The number of fused-ring (bicyclic) bond motifs is 1. The molecule has 6 heteroatoms. The molecule has 3 N–H and O–H groups in total.